The van der Waals surface area contributed by atoms with Crippen molar-refractivity contribution in [1.29, 1.82) is 0 Å². The molecule has 4 heterocycles. The number of carboxylic acid groups (broad SMARTS) is 1. The minimum Gasteiger partial charge on any atom is -0.476 e. The number of para-hydroxylation sites is 1. The van der Waals surface area contributed by atoms with Crippen molar-refractivity contribution in [2.45, 2.75) is 66.3 Å². The molecule has 4 aromatic heterocycles. The molecule has 0 saturated heterocycles. The van der Waals surface area contributed by atoms with Crippen molar-refractivity contribution in [3.05, 3.63) is 53.0 Å². The lowest BCUT2D eigenvalue weighted by Gasteiger charge is -2.39. The maximum absolute atomic E-state index is 12.3. The topological polar surface area (TPSA) is 131 Å². The predicted molar refractivity (Wildman–Crippen MR) is 173 cm³/mol. The normalized spacial score (nSPS) is 25.3. The quantitative estimate of drug-likeness (QED) is 0.158. The van der Waals surface area contributed by atoms with Crippen LogP contribution in [0.25, 0.3) is 20.7 Å². The Bertz CT molecular complexity index is 1920. The van der Waals surface area contributed by atoms with Gasteiger partial charge >= 0.3 is 5.97 Å². The van der Waals surface area contributed by atoms with Gasteiger partial charge < -0.3 is 15.7 Å². The molecule has 1 aromatic carbocycles. The van der Waals surface area contributed by atoms with E-state index in [2.05, 4.69) is 49.3 Å². The molecule has 2 unspecified atom stereocenters. The smallest absolute Gasteiger partial charge is 0.356 e. The zero-order valence-electron chi connectivity index (χ0n) is 25.1. The summed E-state index contributed by atoms with van der Waals surface area (Å²) in [6.07, 6.45) is 8.51. The lowest BCUT2D eigenvalue weighted by Crippen LogP contribution is -2.31. The molecule has 9 rings (SSSR count). The summed E-state index contributed by atoms with van der Waals surface area (Å²) < 4.78 is 3.22. The van der Waals surface area contributed by atoms with Gasteiger partial charge in [0.2, 0.25) is 0 Å². The minimum atomic E-state index is -1.07. The van der Waals surface area contributed by atoms with Crippen molar-refractivity contribution in [1.82, 2.24) is 29.9 Å². The molecule has 3 bridgehead atoms. The first-order valence-electron chi connectivity index (χ1n) is 15.1. The number of carboxylic acids is 1. The van der Waals surface area contributed by atoms with E-state index in [1.54, 1.807) is 11.3 Å². The van der Waals surface area contributed by atoms with E-state index in [-0.39, 0.29) is 5.69 Å². The molecule has 1 spiro atoms. The molecular formula is C32H34N8O2S2. The zero-order chi connectivity index (χ0) is 30.4. The van der Waals surface area contributed by atoms with Crippen LogP contribution in [0.15, 0.2) is 30.5 Å². The van der Waals surface area contributed by atoms with E-state index in [9.17, 15) is 9.90 Å². The lowest BCUT2D eigenvalue weighted by molar-refractivity contribution is 0.0692. The van der Waals surface area contributed by atoms with E-state index in [1.807, 2.05) is 44.3 Å². The lowest BCUT2D eigenvalue weighted by atomic mass is 9.66. The standard InChI is InChI=1S/C32H34N8O2S2/c1-16-9-31-11-20(12-31)32(10-16,14-31)15-40-19(4)21(13-33-40)25-24(28(41)42)35-30(44-25)37-27-18(3)17(2)26(38-39-27)36-29-34-22-7-5-6-8-23(22)43-29/h5-8,13,16,20H,9-12,14-15H2,1-4H3,(H,41,42)(H,34,36,38)(H,35,37,39). The molecule has 4 saturated carbocycles. The number of rotatable bonds is 8. The molecule has 4 fully saturated rings. The number of carbonyl (C=O) groups is 1. The number of anilines is 4. The highest BCUT2D eigenvalue weighted by Crippen LogP contribution is 2.75. The van der Waals surface area contributed by atoms with Gasteiger partial charge in [0.25, 0.3) is 0 Å². The number of fused-ring (bicyclic) bond motifs is 1. The van der Waals surface area contributed by atoms with Gasteiger partial charge in [0, 0.05) is 28.9 Å². The highest BCUT2D eigenvalue weighted by atomic mass is 32.1. The molecule has 2 atom stereocenters. The van der Waals surface area contributed by atoms with Crippen molar-refractivity contribution in [3.8, 4) is 10.4 Å². The van der Waals surface area contributed by atoms with Crippen LogP contribution in [0.3, 0.4) is 0 Å². The summed E-state index contributed by atoms with van der Waals surface area (Å²) in [5, 5.41) is 31.5. The van der Waals surface area contributed by atoms with Crippen LogP contribution in [0.4, 0.5) is 21.9 Å². The molecule has 44 heavy (non-hydrogen) atoms. The molecule has 12 heteroatoms. The van der Waals surface area contributed by atoms with Crippen molar-refractivity contribution < 1.29 is 9.90 Å². The molecule has 0 aliphatic heterocycles. The summed E-state index contributed by atoms with van der Waals surface area (Å²) in [6.45, 7) is 9.30. The summed E-state index contributed by atoms with van der Waals surface area (Å²) in [5.41, 5.74) is 5.46. The van der Waals surface area contributed by atoms with Crippen molar-refractivity contribution in [2.24, 2.45) is 22.7 Å². The van der Waals surface area contributed by atoms with E-state index >= 15 is 0 Å². The molecule has 5 aromatic rings. The molecule has 226 valence electrons. The Morgan fingerprint density at radius 3 is 2.41 bits per heavy atom. The van der Waals surface area contributed by atoms with Crippen LogP contribution < -0.4 is 10.6 Å². The van der Waals surface area contributed by atoms with Gasteiger partial charge in [-0.3, -0.25) is 4.68 Å². The van der Waals surface area contributed by atoms with E-state index in [4.69, 9.17) is 5.10 Å². The van der Waals surface area contributed by atoms with Crippen LogP contribution in [0.5, 0.6) is 0 Å². The van der Waals surface area contributed by atoms with Crippen LogP contribution in [0, 0.1) is 43.4 Å². The fraction of sp³-hybridized carbons (Fsp3) is 0.438. The molecular weight excluding hydrogens is 593 g/mol. The number of aromatic nitrogens is 6. The molecule has 0 amide bonds. The number of nitrogens with zero attached hydrogens (tertiary/aromatic N) is 6. The van der Waals surface area contributed by atoms with Crippen molar-refractivity contribution in [2.75, 3.05) is 10.6 Å². The SMILES string of the molecule is Cc1c(Nc2nc(C(=O)O)c(-c3cnn(CC45CC(C)CC6(CC4C6)C5)c3C)s2)nnc(Nc2nc3ccccc3s2)c1C. The van der Waals surface area contributed by atoms with Crippen LogP contribution in [0.2, 0.25) is 0 Å². The second-order valence-electron chi connectivity index (χ2n) is 13.3. The number of hydrogen-bond acceptors (Lipinski definition) is 10. The third-order valence-corrected chi connectivity index (χ3v) is 12.4. The molecule has 0 radical (unpaired) electrons. The summed E-state index contributed by atoms with van der Waals surface area (Å²) in [7, 11) is 0. The highest BCUT2D eigenvalue weighted by Gasteiger charge is 2.66. The first kappa shape index (κ1) is 27.6. The van der Waals surface area contributed by atoms with Gasteiger partial charge in [-0.15, -0.1) is 10.2 Å². The summed E-state index contributed by atoms with van der Waals surface area (Å²) in [6, 6.07) is 7.99. The van der Waals surface area contributed by atoms with Gasteiger partial charge in [-0.25, -0.2) is 14.8 Å². The van der Waals surface area contributed by atoms with Crippen LogP contribution in [0.1, 0.15) is 66.3 Å². The van der Waals surface area contributed by atoms with Gasteiger partial charge in [-0.2, -0.15) is 5.10 Å². The Labute approximate surface area is 263 Å². The Balaban J connectivity index is 1.05. The average Bonchev–Trinajstić information content (AvgIpc) is 3.74. The van der Waals surface area contributed by atoms with E-state index in [0.717, 1.165) is 56.1 Å². The van der Waals surface area contributed by atoms with Gasteiger partial charge in [0.05, 0.1) is 21.3 Å². The van der Waals surface area contributed by atoms with E-state index in [0.29, 0.717) is 32.5 Å². The Morgan fingerprint density at radius 2 is 1.70 bits per heavy atom. The van der Waals surface area contributed by atoms with Crippen LogP contribution >= 0.6 is 22.7 Å². The van der Waals surface area contributed by atoms with Gasteiger partial charge in [0.15, 0.2) is 27.6 Å². The predicted octanol–water partition coefficient (Wildman–Crippen LogP) is 7.73. The monoisotopic (exact) mass is 626 g/mol. The molecule has 4 aliphatic rings. The third-order valence-electron chi connectivity index (χ3n) is 10.4. The van der Waals surface area contributed by atoms with Crippen molar-refractivity contribution >= 4 is 60.8 Å². The minimum absolute atomic E-state index is 0.0168. The number of aromatic carboxylic acids is 1. The number of nitrogens with one attached hydrogen (secondary N) is 2. The van der Waals surface area contributed by atoms with Crippen molar-refractivity contribution in [3.63, 3.8) is 0 Å². The first-order chi connectivity index (χ1) is 21.1. The fourth-order valence-corrected chi connectivity index (χ4v) is 10.4. The highest BCUT2D eigenvalue weighted by molar-refractivity contribution is 7.22. The number of thiazole rings is 2. The third kappa shape index (κ3) is 4.33. The summed E-state index contributed by atoms with van der Waals surface area (Å²) in [5.74, 6) is 1.64. The van der Waals surface area contributed by atoms with Gasteiger partial charge in [-0.1, -0.05) is 41.7 Å². The first-order valence-corrected chi connectivity index (χ1v) is 16.8. The second kappa shape index (κ2) is 9.80. The second-order valence-corrected chi connectivity index (χ2v) is 15.4. The van der Waals surface area contributed by atoms with Gasteiger partial charge in [-0.05, 0) is 87.7 Å². The Hall–Kier alpha value is -3.90. The van der Waals surface area contributed by atoms with E-state index < -0.39 is 5.97 Å². The number of benzene rings is 1. The summed E-state index contributed by atoms with van der Waals surface area (Å²) in [4.78, 5) is 22.1. The fourth-order valence-electron chi connectivity index (χ4n) is 8.49. The largest absolute Gasteiger partial charge is 0.476 e. The molecule has 10 nitrogen and oxygen atoms in total. The molecule has 4 aliphatic carbocycles. The van der Waals surface area contributed by atoms with Gasteiger partial charge in [0.1, 0.15) is 0 Å². The van der Waals surface area contributed by atoms with Crippen LogP contribution in [-0.2, 0) is 6.54 Å². The zero-order valence-corrected chi connectivity index (χ0v) is 26.8. The average molecular weight is 627 g/mol. The van der Waals surface area contributed by atoms with Crippen LogP contribution in [-0.4, -0.2) is 41.0 Å². The van der Waals surface area contributed by atoms with E-state index in [1.165, 1.54) is 43.4 Å². The Morgan fingerprint density at radius 1 is 1.00 bits per heavy atom. The molecule has 3 N–H and O–H groups in total. The Kier molecular flexibility index (Phi) is 6.16. The maximum Gasteiger partial charge on any atom is 0.356 e. The number of hydrogen-bond donors (Lipinski definition) is 3. The maximum atomic E-state index is 12.3. The summed E-state index contributed by atoms with van der Waals surface area (Å²) >= 11 is 2.87.